The number of nitrogens with zero attached hydrogens (tertiary/aromatic N) is 1. The average molecular weight is 225 g/mol. The van der Waals surface area contributed by atoms with E-state index < -0.39 is 0 Å². The molecule has 0 amide bonds. The minimum atomic E-state index is -0.0268. The van der Waals surface area contributed by atoms with Gasteiger partial charge in [-0.05, 0) is 32.0 Å². The van der Waals surface area contributed by atoms with Gasteiger partial charge in [-0.15, -0.1) is 0 Å². The van der Waals surface area contributed by atoms with Crippen molar-refractivity contribution in [2.24, 2.45) is 0 Å². The van der Waals surface area contributed by atoms with Crippen molar-refractivity contribution in [1.82, 2.24) is 4.90 Å². The first-order valence-corrected chi connectivity index (χ1v) is 5.76. The van der Waals surface area contributed by atoms with E-state index in [2.05, 4.69) is 11.9 Å². The molecular formula is C12H19NO3. The Labute approximate surface area is 95.8 Å². The fraction of sp³-hybridized carbons (Fsp3) is 0.667. The first kappa shape index (κ1) is 11.6. The molecule has 0 radical (unpaired) electrons. The fourth-order valence-corrected chi connectivity index (χ4v) is 2.09. The summed E-state index contributed by atoms with van der Waals surface area (Å²) in [6.07, 6.45) is 2.17. The first-order valence-electron chi connectivity index (χ1n) is 5.76. The predicted octanol–water partition coefficient (Wildman–Crippen LogP) is 1.38. The van der Waals surface area contributed by atoms with Crippen molar-refractivity contribution in [3.8, 4) is 0 Å². The van der Waals surface area contributed by atoms with E-state index in [1.807, 2.05) is 12.1 Å². The Kier molecular flexibility index (Phi) is 3.98. The van der Waals surface area contributed by atoms with Crippen LogP contribution in [-0.2, 0) is 17.9 Å². The number of hydrogen-bond acceptors (Lipinski definition) is 4. The lowest BCUT2D eigenvalue weighted by Crippen LogP contribution is -2.36. The van der Waals surface area contributed by atoms with Crippen LogP contribution in [0.1, 0.15) is 24.4 Å². The summed E-state index contributed by atoms with van der Waals surface area (Å²) in [4.78, 5) is 2.29. The van der Waals surface area contributed by atoms with Crippen molar-refractivity contribution < 1.29 is 14.3 Å². The van der Waals surface area contributed by atoms with Crippen molar-refractivity contribution in [2.75, 3.05) is 20.3 Å². The Balaban J connectivity index is 1.87. The molecule has 1 aliphatic heterocycles. The molecule has 1 aromatic heterocycles. The third kappa shape index (κ3) is 2.84. The lowest BCUT2D eigenvalue weighted by atomic mass is 10.1. The maximum atomic E-state index is 8.91. The zero-order valence-electron chi connectivity index (χ0n) is 9.69. The van der Waals surface area contributed by atoms with Crippen LogP contribution in [0.2, 0.25) is 0 Å². The molecule has 0 aromatic carbocycles. The van der Waals surface area contributed by atoms with Gasteiger partial charge in [-0.3, -0.25) is 4.90 Å². The van der Waals surface area contributed by atoms with Gasteiger partial charge in [-0.25, -0.2) is 0 Å². The molecular weight excluding hydrogens is 206 g/mol. The molecule has 0 aliphatic carbocycles. The summed E-state index contributed by atoms with van der Waals surface area (Å²) in [5.74, 6) is 1.55. The highest BCUT2D eigenvalue weighted by Gasteiger charge is 2.19. The van der Waals surface area contributed by atoms with Gasteiger partial charge in [0.1, 0.15) is 18.1 Å². The van der Waals surface area contributed by atoms with Crippen LogP contribution in [0.4, 0.5) is 0 Å². The molecule has 1 fully saturated rings. The topological polar surface area (TPSA) is 45.8 Å². The summed E-state index contributed by atoms with van der Waals surface area (Å²) in [5.41, 5.74) is 0. The van der Waals surface area contributed by atoms with Crippen LogP contribution in [0.15, 0.2) is 16.5 Å². The first-order chi connectivity index (χ1) is 7.79. The lowest BCUT2D eigenvalue weighted by molar-refractivity contribution is 0.0385. The SMILES string of the molecule is CN(Cc1ccc(CO)o1)C1CCOCC1. The highest BCUT2D eigenvalue weighted by molar-refractivity contribution is 5.06. The maximum absolute atomic E-state index is 8.91. The van der Waals surface area contributed by atoms with Gasteiger partial charge in [0.05, 0.1) is 6.54 Å². The number of rotatable bonds is 4. The van der Waals surface area contributed by atoms with Crippen molar-refractivity contribution in [2.45, 2.75) is 32.0 Å². The molecule has 2 heterocycles. The number of ether oxygens (including phenoxy) is 1. The molecule has 90 valence electrons. The molecule has 0 saturated carbocycles. The van der Waals surface area contributed by atoms with Crippen molar-refractivity contribution >= 4 is 0 Å². The van der Waals surface area contributed by atoms with Crippen LogP contribution in [0.3, 0.4) is 0 Å². The van der Waals surface area contributed by atoms with E-state index >= 15 is 0 Å². The van der Waals surface area contributed by atoms with Gasteiger partial charge < -0.3 is 14.3 Å². The molecule has 16 heavy (non-hydrogen) atoms. The summed E-state index contributed by atoms with van der Waals surface area (Å²) < 4.78 is 10.8. The Morgan fingerprint density at radius 1 is 1.31 bits per heavy atom. The molecule has 2 rings (SSSR count). The van der Waals surface area contributed by atoms with Crippen molar-refractivity contribution in [1.29, 1.82) is 0 Å². The monoisotopic (exact) mass is 225 g/mol. The Morgan fingerprint density at radius 2 is 2.00 bits per heavy atom. The third-order valence-corrected chi connectivity index (χ3v) is 3.09. The average Bonchev–Trinajstić information content (AvgIpc) is 2.78. The maximum Gasteiger partial charge on any atom is 0.129 e. The fourth-order valence-electron chi connectivity index (χ4n) is 2.09. The zero-order valence-corrected chi connectivity index (χ0v) is 9.69. The van der Waals surface area contributed by atoms with Gasteiger partial charge in [-0.1, -0.05) is 0 Å². The third-order valence-electron chi connectivity index (χ3n) is 3.09. The summed E-state index contributed by atoms with van der Waals surface area (Å²) >= 11 is 0. The van der Waals surface area contributed by atoms with Gasteiger partial charge in [0.2, 0.25) is 0 Å². The molecule has 0 atom stereocenters. The summed E-state index contributed by atoms with van der Waals surface area (Å²) in [5, 5.41) is 8.91. The minimum Gasteiger partial charge on any atom is -0.462 e. The number of aliphatic hydroxyl groups is 1. The van der Waals surface area contributed by atoms with Gasteiger partial charge >= 0.3 is 0 Å². The van der Waals surface area contributed by atoms with E-state index in [1.54, 1.807) is 0 Å². The number of furan rings is 1. The van der Waals surface area contributed by atoms with E-state index in [1.165, 1.54) is 0 Å². The lowest BCUT2D eigenvalue weighted by Gasteiger charge is -2.30. The van der Waals surface area contributed by atoms with Crippen molar-refractivity contribution in [3.05, 3.63) is 23.7 Å². The standard InChI is InChI=1S/C12H19NO3/c1-13(10-4-6-15-7-5-10)8-11-2-3-12(9-14)16-11/h2-3,10,14H,4-9H2,1H3. The largest absolute Gasteiger partial charge is 0.462 e. The van der Waals surface area contributed by atoms with Crippen LogP contribution in [0.25, 0.3) is 0 Å². The van der Waals surface area contributed by atoms with Crippen LogP contribution in [-0.4, -0.2) is 36.3 Å². The second kappa shape index (κ2) is 5.48. The van der Waals surface area contributed by atoms with Crippen LogP contribution in [0, 0.1) is 0 Å². The zero-order chi connectivity index (χ0) is 11.4. The molecule has 0 spiro atoms. The van der Waals surface area contributed by atoms with E-state index in [4.69, 9.17) is 14.3 Å². The molecule has 1 aromatic rings. The number of aliphatic hydroxyl groups excluding tert-OH is 1. The molecule has 1 saturated heterocycles. The highest BCUT2D eigenvalue weighted by atomic mass is 16.5. The predicted molar refractivity (Wildman–Crippen MR) is 59.9 cm³/mol. The summed E-state index contributed by atoms with van der Waals surface area (Å²) in [6.45, 7) is 2.48. The Morgan fingerprint density at radius 3 is 2.62 bits per heavy atom. The van der Waals surface area contributed by atoms with Gasteiger partial charge in [0, 0.05) is 19.3 Å². The van der Waals surface area contributed by atoms with Crippen LogP contribution < -0.4 is 0 Å². The quantitative estimate of drug-likeness (QED) is 0.841. The minimum absolute atomic E-state index is 0.0268. The van der Waals surface area contributed by atoms with E-state index in [-0.39, 0.29) is 6.61 Å². The Hall–Kier alpha value is -0.840. The molecule has 0 bridgehead atoms. The summed E-state index contributed by atoms with van der Waals surface area (Å²) in [7, 11) is 2.11. The molecule has 4 heteroatoms. The van der Waals surface area contributed by atoms with Gasteiger partial charge in [0.25, 0.3) is 0 Å². The van der Waals surface area contributed by atoms with Gasteiger partial charge in [0.15, 0.2) is 0 Å². The van der Waals surface area contributed by atoms with E-state index in [0.717, 1.165) is 38.4 Å². The molecule has 0 unspecified atom stereocenters. The van der Waals surface area contributed by atoms with Crippen LogP contribution in [0.5, 0.6) is 0 Å². The molecule has 1 N–H and O–H groups in total. The molecule has 1 aliphatic rings. The normalized spacial score (nSPS) is 18.2. The van der Waals surface area contributed by atoms with Crippen molar-refractivity contribution in [3.63, 3.8) is 0 Å². The number of hydrogen-bond donors (Lipinski definition) is 1. The van der Waals surface area contributed by atoms with E-state index in [9.17, 15) is 0 Å². The molecule has 4 nitrogen and oxygen atoms in total. The second-order valence-electron chi connectivity index (χ2n) is 4.28. The smallest absolute Gasteiger partial charge is 0.129 e. The van der Waals surface area contributed by atoms with E-state index in [0.29, 0.717) is 11.8 Å². The summed E-state index contributed by atoms with van der Waals surface area (Å²) in [6, 6.07) is 4.34. The highest BCUT2D eigenvalue weighted by Crippen LogP contribution is 2.17. The Bertz CT molecular complexity index is 318. The van der Waals surface area contributed by atoms with Gasteiger partial charge in [-0.2, -0.15) is 0 Å². The second-order valence-corrected chi connectivity index (χ2v) is 4.28. The van der Waals surface area contributed by atoms with Crippen LogP contribution >= 0.6 is 0 Å².